The maximum absolute atomic E-state index is 12.7. The summed E-state index contributed by atoms with van der Waals surface area (Å²) < 4.78 is 11.5. The molecule has 4 rings (SSSR count). The molecule has 0 aliphatic carbocycles. The first-order valence-corrected chi connectivity index (χ1v) is 9.29. The summed E-state index contributed by atoms with van der Waals surface area (Å²) in [5.74, 6) is 2.65. The van der Waals surface area contributed by atoms with Gasteiger partial charge in [0, 0.05) is 30.1 Å². The third kappa shape index (κ3) is 3.24. The Morgan fingerprint density at radius 1 is 1.29 bits per heavy atom. The lowest BCUT2D eigenvalue weighted by Crippen LogP contribution is -2.38. The molecule has 0 bridgehead atoms. The fraction of sp³-hybridized carbons (Fsp3) is 0.333. The first kappa shape index (κ1) is 18.2. The van der Waals surface area contributed by atoms with Gasteiger partial charge in [-0.1, -0.05) is 0 Å². The van der Waals surface area contributed by atoms with E-state index in [1.54, 1.807) is 31.6 Å². The van der Waals surface area contributed by atoms with Gasteiger partial charge in [0.1, 0.15) is 17.4 Å². The smallest absolute Gasteiger partial charge is 0.187 e. The number of ether oxygens (including phenoxy) is 2. The number of aromatic nitrogens is 1. The quantitative estimate of drug-likeness (QED) is 0.721. The lowest BCUT2D eigenvalue weighted by molar-refractivity contribution is 0.0998. The van der Waals surface area contributed by atoms with Crippen LogP contribution in [0.25, 0.3) is 0 Å². The molecule has 0 atom stereocenters. The Kier molecular flexibility index (Phi) is 4.81. The standard InChI is InChI=1S/C21H22N4O3/c1-13(2)28-17-7-6-15-19(20(17)27-3)24-18(25-10-9-23-21(15)25)11-16(26)14-5-4-8-22-12-14/h4-8,12-13H,9-11H2,1-3H3. The third-order valence-corrected chi connectivity index (χ3v) is 4.60. The summed E-state index contributed by atoms with van der Waals surface area (Å²) in [6.07, 6.45) is 3.40. The number of rotatable bonds is 6. The molecular formula is C21H22N4O3. The van der Waals surface area contributed by atoms with Gasteiger partial charge in [0.25, 0.3) is 0 Å². The van der Waals surface area contributed by atoms with E-state index in [0.29, 0.717) is 41.7 Å². The molecule has 28 heavy (non-hydrogen) atoms. The van der Waals surface area contributed by atoms with E-state index in [2.05, 4.69) is 9.98 Å². The van der Waals surface area contributed by atoms with Crippen LogP contribution >= 0.6 is 0 Å². The van der Waals surface area contributed by atoms with Gasteiger partial charge in [-0.05, 0) is 38.1 Å². The van der Waals surface area contributed by atoms with Crippen LogP contribution in [0.1, 0.15) is 36.2 Å². The number of pyridine rings is 1. The molecular weight excluding hydrogens is 356 g/mol. The Bertz CT molecular complexity index is 967. The van der Waals surface area contributed by atoms with Crippen LogP contribution in [-0.2, 0) is 0 Å². The topological polar surface area (TPSA) is 76.4 Å². The van der Waals surface area contributed by atoms with Crippen molar-refractivity contribution in [1.82, 2.24) is 9.88 Å². The van der Waals surface area contributed by atoms with E-state index >= 15 is 0 Å². The summed E-state index contributed by atoms with van der Waals surface area (Å²) >= 11 is 0. The maximum atomic E-state index is 12.7. The third-order valence-electron chi connectivity index (χ3n) is 4.60. The SMILES string of the molecule is COc1c(OC(C)C)ccc2c1N=C(CC(=O)c1cccnc1)N1CCN=C21. The summed E-state index contributed by atoms with van der Waals surface area (Å²) in [7, 11) is 1.60. The fourth-order valence-corrected chi connectivity index (χ4v) is 3.41. The monoisotopic (exact) mass is 378 g/mol. The first-order chi connectivity index (χ1) is 13.6. The molecule has 1 aromatic heterocycles. The van der Waals surface area contributed by atoms with Crippen LogP contribution in [0.5, 0.6) is 11.5 Å². The molecule has 1 aromatic carbocycles. The number of amidine groups is 2. The second kappa shape index (κ2) is 7.42. The van der Waals surface area contributed by atoms with Crippen LogP contribution in [0.3, 0.4) is 0 Å². The fourth-order valence-electron chi connectivity index (χ4n) is 3.41. The molecule has 0 N–H and O–H groups in total. The zero-order valence-electron chi connectivity index (χ0n) is 16.2. The van der Waals surface area contributed by atoms with Gasteiger partial charge in [0.15, 0.2) is 17.3 Å². The lowest BCUT2D eigenvalue weighted by atomic mass is 10.0. The molecule has 2 aromatic rings. The molecule has 2 aliphatic heterocycles. The van der Waals surface area contributed by atoms with Gasteiger partial charge < -0.3 is 14.4 Å². The van der Waals surface area contributed by atoms with Crippen LogP contribution in [0, 0.1) is 0 Å². The van der Waals surface area contributed by atoms with E-state index in [0.717, 1.165) is 11.4 Å². The minimum atomic E-state index is -0.0323. The van der Waals surface area contributed by atoms with Gasteiger partial charge in [-0.25, -0.2) is 4.99 Å². The number of methoxy groups -OCH3 is 1. The first-order valence-electron chi connectivity index (χ1n) is 9.29. The van der Waals surface area contributed by atoms with Gasteiger partial charge >= 0.3 is 0 Å². The highest BCUT2D eigenvalue weighted by molar-refractivity contribution is 6.21. The predicted molar refractivity (Wildman–Crippen MR) is 107 cm³/mol. The number of benzene rings is 1. The predicted octanol–water partition coefficient (Wildman–Crippen LogP) is 3.26. The van der Waals surface area contributed by atoms with Crippen LogP contribution < -0.4 is 9.47 Å². The summed E-state index contributed by atoms with van der Waals surface area (Å²) in [6, 6.07) is 7.36. The Morgan fingerprint density at radius 3 is 2.86 bits per heavy atom. The number of hydrogen-bond donors (Lipinski definition) is 0. The number of nitrogens with zero attached hydrogens (tertiary/aromatic N) is 4. The Hall–Kier alpha value is -3.22. The molecule has 0 unspecified atom stereocenters. The van der Waals surface area contributed by atoms with Gasteiger partial charge in [-0.15, -0.1) is 0 Å². The van der Waals surface area contributed by atoms with Crippen molar-refractivity contribution in [1.29, 1.82) is 0 Å². The zero-order valence-corrected chi connectivity index (χ0v) is 16.2. The average molecular weight is 378 g/mol. The molecule has 0 saturated carbocycles. The van der Waals surface area contributed by atoms with Crippen molar-refractivity contribution < 1.29 is 14.3 Å². The number of carbonyl (C=O) groups is 1. The Labute approximate surface area is 163 Å². The van der Waals surface area contributed by atoms with Crippen molar-refractivity contribution in [2.24, 2.45) is 9.98 Å². The highest BCUT2D eigenvalue weighted by Gasteiger charge is 2.33. The molecule has 0 amide bonds. The van der Waals surface area contributed by atoms with E-state index < -0.39 is 0 Å². The van der Waals surface area contributed by atoms with Gasteiger partial charge in [-0.2, -0.15) is 0 Å². The zero-order chi connectivity index (χ0) is 19.7. The molecule has 144 valence electrons. The summed E-state index contributed by atoms with van der Waals surface area (Å²) in [5.41, 5.74) is 2.12. The molecule has 3 heterocycles. The minimum Gasteiger partial charge on any atom is -0.491 e. The second-order valence-electron chi connectivity index (χ2n) is 6.89. The molecule has 0 radical (unpaired) electrons. The highest BCUT2D eigenvalue weighted by Crippen LogP contribution is 2.44. The van der Waals surface area contributed by atoms with E-state index in [4.69, 9.17) is 14.5 Å². The van der Waals surface area contributed by atoms with E-state index in [-0.39, 0.29) is 18.3 Å². The normalized spacial score (nSPS) is 14.9. The van der Waals surface area contributed by atoms with E-state index in [1.165, 1.54) is 0 Å². The van der Waals surface area contributed by atoms with E-state index in [1.807, 2.05) is 30.9 Å². The molecule has 2 aliphatic rings. The molecule has 0 fully saturated rings. The number of hydrogen-bond acceptors (Lipinski definition) is 7. The minimum absolute atomic E-state index is 0.00599. The van der Waals surface area contributed by atoms with Crippen molar-refractivity contribution >= 4 is 23.1 Å². The van der Waals surface area contributed by atoms with Crippen LogP contribution in [-0.4, -0.2) is 53.6 Å². The van der Waals surface area contributed by atoms with E-state index in [9.17, 15) is 4.79 Å². The van der Waals surface area contributed by atoms with Gasteiger partial charge in [0.2, 0.25) is 0 Å². The van der Waals surface area contributed by atoms with Crippen molar-refractivity contribution in [2.45, 2.75) is 26.4 Å². The van der Waals surface area contributed by atoms with Crippen LogP contribution in [0.4, 0.5) is 5.69 Å². The van der Waals surface area contributed by atoms with Gasteiger partial charge in [-0.3, -0.25) is 14.8 Å². The summed E-state index contributed by atoms with van der Waals surface area (Å²) in [4.78, 5) is 28.2. The Balaban J connectivity index is 1.76. The largest absolute Gasteiger partial charge is 0.491 e. The van der Waals surface area contributed by atoms with Crippen molar-refractivity contribution in [3.8, 4) is 11.5 Å². The Morgan fingerprint density at radius 2 is 2.14 bits per heavy atom. The second-order valence-corrected chi connectivity index (χ2v) is 6.89. The summed E-state index contributed by atoms with van der Waals surface area (Å²) in [6.45, 7) is 5.30. The molecule has 0 saturated heterocycles. The summed E-state index contributed by atoms with van der Waals surface area (Å²) in [5, 5.41) is 0. The number of ketones is 1. The van der Waals surface area contributed by atoms with Crippen molar-refractivity contribution in [3.05, 3.63) is 47.8 Å². The van der Waals surface area contributed by atoms with Crippen molar-refractivity contribution in [3.63, 3.8) is 0 Å². The van der Waals surface area contributed by atoms with Gasteiger partial charge in [0.05, 0.1) is 26.2 Å². The van der Waals surface area contributed by atoms with Crippen molar-refractivity contribution in [2.75, 3.05) is 20.2 Å². The number of Topliss-reactive ketones (excluding diaryl/α,β-unsaturated/α-hetero) is 1. The molecule has 7 nitrogen and oxygen atoms in total. The van der Waals surface area contributed by atoms with Crippen LogP contribution in [0.2, 0.25) is 0 Å². The number of carbonyl (C=O) groups excluding carboxylic acids is 1. The average Bonchev–Trinajstić information content (AvgIpc) is 3.18. The lowest BCUT2D eigenvalue weighted by Gasteiger charge is -2.28. The molecule has 7 heteroatoms. The maximum Gasteiger partial charge on any atom is 0.187 e. The molecule has 0 spiro atoms. The number of aliphatic imine (C=N–C) groups is 2. The van der Waals surface area contributed by atoms with Crippen LogP contribution in [0.15, 0.2) is 46.6 Å². The highest BCUT2D eigenvalue weighted by atomic mass is 16.5. The number of fused-ring (bicyclic) bond motifs is 3.